The summed E-state index contributed by atoms with van der Waals surface area (Å²) in [7, 11) is 1.88. The molecule has 0 aromatic carbocycles. The number of imidazole rings is 1. The van der Waals surface area contributed by atoms with Crippen LogP contribution in [-0.4, -0.2) is 70.0 Å². The number of urea groups is 1. The van der Waals surface area contributed by atoms with Crippen LogP contribution in [0.25, 0.3) is 0 Å². The average molecular weight is 321 g/mol. The molecule has 1 aromatic rings. The predicted molar refractivity (Wildman–Crippen MR) is 78.3 cm³/mol. The Bertz CT molecular complexity index is 640. The molecule has 2 fully saturated rings. The van der Waals surface area contributed by atoms with E-state index < -0.39 is 6.03 Å². The summed E-state index contributed by atoms with van der Waals surface area (Å²) >= 11 is 0. The molecular formula is C14H19N5O4. The van der Waals surface area contributed by atoms with Gasteiger partial charge in [0.1, 0.15) is 18.5 Å². The molecule has 1 N–H and O–H groups in total. The van der Waals surface area contributed by atoms with E-state index in [0.29, 0.717) is 19.7 Å². The van der Waals surface area contributed by atoms with Crippen molar-refractivity contribution >= 4 is 17.8 Å². The fourth-order valence-electron chi connectivity index (χ4n) is 2.82. The Labute approximate surface area is 133 Å². The number of morpholine rings is 1. The van der Waals surface area contributed by atoms with E-state index in [2.05, 4.69) is 10.3 Å². The van der Waals surface area contributed by atoms with Crippen LogP contribution in [0, 0.1) is 6.92 Å². The number of nitrogens with zero attached hydrogens (tertiary/aromatic N) is 4. The maximum absolute atomic E-state index is 12.4. The molecule has 0 saturated carbocycles. The lowest BCUT2D eigenvalue weighted by atomic mass is 10.2. The zero-order valence-corrected chi connectivity index (χ0v) is 13.1. The van der Waals surface area contributed by atoms with Crippen molar-refractivity contribution < 1.29 is 19.1 Å². The molecule has 1 aromatic heterocycles. The molecule has 9 heteroatoms. The largest absolute Gasteiger partial charge is 0.367 e. The number of hydrogen-bond acceptors (Lipinski definition) is 5. The highest BCUT2D eigenvalue weighted by atomic mass is 16.5. The third kappa shape index (κ3) is 3.04. The van der Waals surface area contributed by atoms with Crippen LogP contribution < -0.4 is 5.32 Å². The van der Waals surface area contributed by atoms with Crippen LogP contribution >= 0.6 is 0 Å². The molecule has 2 saturated heterocycles. The van der Waals surface area contributed by atoms with Crippen molar-refractivity contribution in [3.05, 3.63) is 17.7 Å². The van der Waals surface area contributed by atoms with Crippen molar-refractivity contribution in [2.24, 2.45) is 7.05 Å². The van der Waals surface area contributed by atoms with Gasteiger partial charge in [-0.25, -0.2) is 9.78 Å². The van der Waals surface area contributed by atoms with Gasteiger partial charge in [-0.1, -0.05) is 0 Å². The number of carbonyl (C=O) groups is 3. The molecule has 0 aliphatic carbocycles. The lowest BCUT2D eigenvalue weighted by molar-refractivity contribution is -0.142. The number of amides is 4. The van der Waals surface area contributed by atoms with Crippen molar-refractivity contribution in [1.29, 1.82) is 0 Å². The smallest absolute Gasteiger partial charge is 0.325 e. The summed E-state index contributed by atoms with van der Waals surface area (Å²) in [5, 5.41) is 2.40. The van der Waals surface area contributed by atoms with E-state index in [1.807, 2.05) is 24.7 Å². The first-order valence-electron chi connectivity index (χ1n) is 7.43. The lowest BCUT2D eigenvalue weighted by Gasteiger charge is -2.33. The molecular weight excluding hydrogens is 302 g/mol. The van der Waals surface area contributed by atoms with Crippen LogP contribution in [0.2, 0.25) is 0 Å². The fourth-order valence-corrected chi connectivity index (χ4v) is 2.82. The summed E-state index contributed by atoms with van der Waals surface area (Å²) in [5.74, 6) is 0.109. The fraction of sp³-hybridized carbons (Fsp3) is 0.571. The molecule has 0 spiro atoms. The molecule has 124 valence electrons. The maximum atomic E-state index is 12.4. The normalized spacial score (nSPS) is 21.7. The summed E-state index contributed by atoms with van der Waals surface area (Å²) in [6.07, 6.45) is 1.58. The van der Waals surface area contributed by atoms with Gasteiger partial charge in [-0.3, -0.25) is 14.5 Å². The Balaban J connectivity index is 1.66. The number of aromatic nitrogens is 2. The molecule has 3 heterocycles. The van der Waals surface area contributed by atoms with Gasteiger partial charge in [0.15, 0.2) is 0 Å². The highest BCUT2D eigenvalue weighted by Crippen LogP contribution is 2.21. The number of carbonyl (C=O) groups excluding carboxylic acids is 3. The van der Waals surface area contributed by atoms with Crippen molar-refractivity contribution in [3.63, 3.8) is 0 Å². The minimum atomic E-state index is -0.520. The van der Waals surface area contributed by atoms with Gasteiger partial charge in [-0.2, -0.15) is 0 Å². The molecule has 1 unspecified atom stereocenters. The van der Waals surface area contributed by atoms with Gasteiger partial charge in [0.2, 0.25) is 5.91 Å². The molecule has 9 nitrogen and oxygen atoms in total. The lowest BCUT2D eigenvalue weighted by Crippen LogP contribution is -2.48. The van der Waals surface area contributed by atoms with Crippen molar-refractivity contribution in [2.45, 2.75) is 13.0 Å². The second kappa shape index (κ2) is 5.99. The number of aryl methyl sites for hydroxylation is 2. The minimum Gasteiger partial charge on any atom is -0.367 e. The van der Waals surface area contributed by atoms with E-state index in [9.17, 15) is 14.4 Å². The van der Waals surface area contributed by atoms with Gasteiger partial charge >= 0.3 is 6.03 Å². The van der Waals surface area contributed by atoms with E-state index in [4.69, 9.17) is 4.74 Å². The zero-order valence-electron chi connectivity index (χ0n) is 13.1. The molecule has 0 bridgehead atoms. The van der Waals surface area contributed by atoms with Gasteiger partial charge in [-0.15, -0.1) is 0 Å². The Hall–Kier alpha value is -2.42. The monoisotopic (exact) mass is 321 g/mol. The number of imide groups is 1. The van der Waals surface area contributed by atoms with Crippen LogP contribution in [0.3, 0.4) is 0 Å². The van der Waals surface area contributed by atoms with Gasteiger partial charge < -0.3 is 19.5 Å². The molecule has 0 radical (unpaired) electrons. The first-order chi connectivity index (χ1) is 11.0. The average Bonchev–Trinajstić information content (AvgIpc) is 3.03. The zero-order chi connectivity index (χ0) is 16.6. The summed E-state index contributed by atoms with van der Waals surface area (Å²) in [6.45, 7) is 2.78. The number of ether oxygens (including phenoxy) is 1. The molecule has 3 rings (SSSR count). The SMILES string of the molecule is Cc1cn(C)c(C2CN(C(=O)CN3C(=O)CNC3=O)CCO2)n1. The number of rotatable bonds is 3. The molecule has 23 heavy (non-hydrogen) atoms. The van der Waals surface area contributed by atoms with Crippen LogP contribution in [0.4, 0.5) is 4.79 Å². The Morgan fingerprint density at radius 2 is 2.26 bits per heavy atom. The van der Waals surface area contributed by atoms with Gasteiger partial charge in [0, 0.05) is 19.8 Å². The molecule has 1 atom stereocenters. The van der Waals surface area contributed by atoms with E-state index >= 15 is 0 Å². The van der Waals surface area contributed by atoms with Gasteiger partial charge in [-0.05, 0) is 6.92 Å². The highest BCUT2D eigenvalue weighted by molar-refractivity contribution is 6.04. The van der Waals surface area contributed by atoms with Gasteiger partial charge in [0.25, 0.3) is 5.91 Å². The standard InChI is InChI=1S/C14H19N5O4/c1-9-6-17(2)13(16-9)10-7-18(3-4-23-10)12(21)8-19-11(20)5-15-14(19)22/h6,10H,3-5,7-8H2,1-2H3,(H,15,22). The Kier molecular flexibility index (Phi) is 4.03. The van der Waals surface area contributed by atoms with E-state index in [1.54, 1.807) is 4.90 Å². The van der Waals surface area contributed by atoms with Crippen LogP contribution in [0.1, 0.15) is 17.6 Å². The van der Waals surface area contributed by atoms with Crippen LogP contribution in [0.15, 0.2) is 6.20 Å². The molecule has 2 aliphatic heterocycles. The van der Waals surface area contributed by atoms with Crippen molar-refractivity contribution in [3.8, 4) is 0 Å². The first kappa shape index (κ1) is 15.5. The number of hydrogen-bond donors (Lipinski definition) is 1. The number of nitrogens with one attached hydrogen (secondary N) is 1. The Morgan fingerprint density at radius 3 is 2.87 bits per heavy atom. The maximum Gasteiger partial charge on any atom is 0.325 e. The van der Waals surface area contributed by atoms with Crippen molar-refractivity contribution in [1.82, 2.24) is 24.7 Å². The summed E-state index contributed by atoms with van der Waals surface area (Å²) in [6, 6.07) is -0.520. The first-order valence-corrected chi connectivity index (χ1v) is 7.43. The topological polar surface area (TPSA) is 96.8 Å². The van der Waals surface area contributed by atoms with E-state index in [0.717, 1.165) is 16.4 Å². The quantitative estimate of drug-likeness (QED) is 0.734. The molecule has 2 aliphatic rings. The highest BCUT2D eigenvalue weighted by Gasteiger charge is 2.34. The third-order valence-electron chi connectivity index (χ3n) is 3.97. The summed E-state index contributed by atoms with van der Waals surface area (Å²) in [4.78, 5) is 42.4. The van der Waals surface area contributed by atoms with Gasteiger partial charge in [0.05, 0.1) is 25.4 Å². The predicted octanol–water partition coefficient (Wildman–Crippen LogP) is -0.820. The van der Waals surface area contributed by atoms with Crippen LogP contribution in [0.5, 0.6) is 0 Å². The van der Waals surface area contributed by atoms with E-state index in [1.165, 1.54) is 0 Å². The van der Waals surface area contributed by atoms with E-state index in [-0.39, 0.29) is 31.0 Å². The summed E-state index contributed by atoms with van der Waals surface area (Å²) < 4.78 is 7.59. The Morgan fingerprint density at radius 1 is 1.48 bits per heavy atom. The second-order valence-electron chi connectivity index (χ2n) is 5.69. The minimum absolute atomic E-state index is 0.0512. The van der Waals surface area contributed by atoms with Crippen LogP contribution in [-0.2, 0) is 21.4 Å². The summed E-state index contributed by atoms with van der Waals surface area (Å²) in [5.41, 5.74) is 0.883. The molecule has 4 amide bonds. The second-order valence-corrected chi connectivity index (χ2v) is 5.69. The van der Waals surface area contributed by atoms with Crippen molar-refractivity contribution in [2.75, 3.05) is 32.8 Å². The third-order valence-corrected chi connectivity index (χ3v) is 3.97.